The van der Waals surface area contributed by atoms with Crippen LogP contribution in [0.1, 0.15) is 28.8 Å². The van der Waals surface area contributed by atoms with Gasteiger partial charge in [-0.1, -0.05) is 60.1 Å². The van der Waals surface area contributed by atoms with Gasteiger partial charge in [0.1, 0.15) is 0 Å². The Balaban J connectivity index is 1.41. The van der Waals surface area contributed by atoms with Gasteiger partial charge in [-0.2, -0.15) is 0 Å². The molecule has 160 valence electrons. The van der Waals surface area contributed by atoms with E-state index in [4.69, 9.17) is 16.6 Å². The molecule has 5 rings (SSSR count). The average molecular weight is 442 g/mol. The van der Waals surface area contributed by atoms with Crippen LogP contribution in [0.25, 0.3) is 22.3 Å². The quantitative estimate of drug-likeness (QED) is 0.387. The Bertz CT molecular complexity index is 1240. The molecule has 1 aliphatic rings. The van der Waals surface area contributed by atoms with Crippen molar-refractivity contribution in [3.05, 3.63) is 95.1 Å². The summed E-state index contributed by atoms with van der Waals surface area (Å²) in [5.74, 6) is 0.643. The number of pyridine rings is 2. The maximum atomic E-state index is 13.6. The van der Waals surface area contributed by atoms with Crippen LogP contribution >= 0.6 is 11.6 Å². The Morgan fingerprint density at radius 1 is 0.938 bits per heavy atom. The highest BCUT2D eigenvalue weighted by Crippen LogP contribution is 2.30. The lowest BCUT2D eigenvalue weighted by molar-refractivity contribution is 0.0692. The summed E-state index contributed by atoms with van der Waals surface area (Å²) in [5, 5.41) is 1.32. The lowest BCUT2D eigenvalue weighted by Gasteiger charge is -2.32. The first-order valence-electron chi connectivity index (χ1n) is 11.0. The van der Waals surface area contributed by atoms with Gasteiger partial charge in [-0.15, -0.1) is 0 Å². The van der Waals surface area contributed by atoms with E-state index < -0.39 is 0 Å². The maximum Gasteiger partial charge on any atom is 0.254 e. The summed E-state index contributed by atoms with van der Waals surface area (Å²) in [6.07, 6.45) is 4.82. The van der Waals surface area contributed by atoms with Gasteiger partial charge in [-0.3, -0.25) is 9.78 Å². The molecule has 0 N–H and O–H groups in total. The van der Waals surface area contributed by atoms with Crippen molar-refractivity contribution in [2.45, 2.75) is 19.3 Å². The number of carbonyl (C=O) groups is 1. The SMILES string of the molecule is O=C(c1cc(-c2ccccn2)nc2c(Cl)cccc12)N1CCC(Cc2ccccc2)CC1. The third kappa shape index (κ3) is 4.23. The van der Waals surface area contributed by atoms with Crippen LogP contribution < -0.4 is 0 Å². The number of fused-ring (bicyclic) bond motifs is 1. The van der Waals surface area contributed by atoms with Crippen LogP contribution in [-0.2, 0) is 6.42 Å². The second kappa shape index (κ2) is 9.09. The molecule has 5 heteroatoms. The maximum absolute atomic E-state index is 13.6. The fourth-order valence-electron chi connectivity index (χ4n) is 4.49. The molecule has 2 aromatic heterocycles. The van der Waals surface area contributed by atoms with Crippen molar-refractivity contribution >= 4 is 28.4 Å². The number of carbonyl (C=O) groups excluding carboxylic acids is 1. The summed E-state index contributed by atoms with van der Waals surface area (Å²) in [4.78, 5) is 24.7. The van der Waals surface area contributed by atoms with Crippen molar-refractivity contribution in [1.82, 2.24) is 14.9 Å². The van der Waals surface area contributed by atoms with Crippen molar-refractivity contribution in [1.29, 1.82) is 0 Å². The van der Waals surface area contributed by atoms with Crippen LogP contribution in [0.2, 0.25) is 5.02 Å². The van der Waals surface area contributed by atoms with Crippen molar-refractivity contribution in [2.75, 3.05) is 13.1 Å². The van der Waals surface area contributed by atoms with Gasteiger partial charge in [0.2, 0.25) is 0 Å². The van der Waals surface area contributed by atoms with Gasteiger partial charge >= 0.3 is 0 Å². The van der Waals surface area contributed by atoms with E-state index in [1.54, 1.807) is 6.20 Å². The van der Waals surface area contributed by atoms with E-state index in [0.29, 0.717) is 27.7 Å². The van der Waals surface area contributed by atoms with E-state index in [0.717, 1.165) is 43.4 Å². The van der Waals surface area contributed by atoms with Gasteiger partial charge in [0.25, 0.3) is 5.91 Å². The molecule has 0 bridgehead atoms. The minimum Gasteiger partial charge on any atom is -0.339 e. The fourth-order valence-corrected chi connectivity index (χ4v) is 4.71. The predicted octanol–water partition coefficient (Wildman–Crippen LogP) is 6.05. The molecule has 0 saturated carbocycles. The van der Waals surface area contributed by atoms with E-state index in [9.17, 15) is 4.79 Å². The number of benzene rings is 2. The number of aromatic nitrogens is 2. The van der Waals surface area contributed by atoms with Gasteiger partial charge in [0.05, 0.1) is 27.5 Å². The van der Waals surface area contributed by atoms with Crippen molar-refractivity contribution in [3.63, 3.8) is 0 Å². The smallest absolute Gasteiger partial charge is 0.254 e. The summed E-state index contributed by atoms with van der Waals surface area (Å²) in [6, 6.07) is 23.7. The summed E-state index contributed by atoms with van der Waals surface area (Å²) in [7, 11) is 0. The zero-order chi connectivity index (χ0) is 21.9. The monoisotopic (exact) mass is 441 g/mol. The molecule has 1 saturated heterocycles. The molecule has 0 atom stereocenters. The van der Waals surface area contributed by atoms with Crippen molar-refractivity contribution in [2.24, 2.45) is 5.92 Å². The van der Waals surface area contributed by atoms with Gasteiger partial charge in [0, 0.05) is 24.7 Å². The second-order valence-electron chi connectivity index (χ2n) is 8.33. The highest BCUT2D eigenvalue weighted by molar-refractivity contribution is 6.35. The lowest BCUT2D eigenvalue weighted by atomic mass is 9.90. The first-order chi connectivity index (χ1) is 15.7. The molecule has 1 aliphatic heterocycles. The van der Waals surface area contributed by atoms with Crippen LogP contribution in [0.15, 0.2) is 79.0 Å². The molecule has 0 radical (unpaired) electrons. The summed E-state index contributed by atoms with van der Waals surface area (Å²) in [5.41, 5.74) is 4.03. The van der Waals surface area contributed by atoms with E-state index in [2.05, 4.69) is 35.3 Å². The standard InChI is InChI=1S/C27H24ClN3O/c28-23-10-6-9-21-22(18-25(30-26(21)23)24-11-4-5-14-29-24)27(32)31-15-12-20(13-16-31)17-19-7-2-1-3-8-19/h1-11,14,18,20H,12-13,15-17H2. The normalized spacial score (nSPS) is 14.6. The Morgan fingerprint density at radius 3 is 2.47 bits per heavy atom. The van der Waals surface area contributed by atoms with E-state index in [1.807, 2.05) is 47.4 Å². The molecule has 0 aliphatic carbocycles. The van der Waals surface area contributed by atoms with Gasteiger partial charge in [0.15, 0.2) is 0 Å². The lowest BCUT2D eigenvalue weighted by Crippen LogP contribution is -2.39. The number of rotatable bonds is 4. The van der Waals surface area contributed by atoms with E-state index in [1.165, 1.54) is 5.56 Å². The first kappa shape index (κ1) is 20.7. The largest absolute Gasteiger partial charge is 0.339 e. The first-order valence-corrected chi connectivity index (χ1v) is 11.4. The van der Waals surface area contributed by atoms with E-state index in [-0.39, 0.29) is 5.91 Å². The number of likely N-dealkylation sites (tertiary alicyclic amines) is 1. The average Bonchev–Trinajstić information content (AvgIpc) is 2.85. The minimum atomic E-state index is 0.0370. The topological polar surface area (TPSA) is 46.1 Å². The third-order valence-corrected chi connectivity index (χ3v) is 6.52. The number of para-hydroxylation sites is 1. The molecule has 4 nitrogen and oxygen atoms in total. The Kier molecular flexibility index (Phi) is 5.87. The molecule has 4 aromatic rings. The second-order valence-corrected chi connectivity index (χ2v) is 8.74. The molecular formula is C27H24ClN3O. The van der Waals surface area contributed by atoms with E-state index >= 15 is 0 Å². The molecule has 0 unspecified atom stereocenters. The third-order valence-electron chi connectivity index (χ3n) is 6.22. The molecule has 0 spiro atoms. The molecule has 3 heterocycles. The predicted molar refractivity (Wildman–Crippen MR) is 129 cm³/mol. The zero-order valence-corrected chi connectivity index (χ0v) is 18.5. The molecule has 1 fully saturated rings. The number of amides is 1. The van der Waals surface area contributed by atoms with Crippen molar-refractivity contribution in [3.8, 4) is 11.4 Å². The molecular weight excluding hydrogens is 418 g/mol. The van der Waals surface area contributed by atoms with Crippen LogP contribution in [0.5, 0.6) is 0 Å². The molecule has 1 amide bonds. The molecule has 32 heavy (non-hydrogen) atoms. The summed E-state index contributed by atoms with van der Waals surface area (Å²) >= 11 is 6.47. The number of nitrogens with zero attached hydrogens (tertiary/aromatic N) is 3. The summed E-state index contributed by atoms with van der Waals surface area (Å²) in [6.45, 7) is 1.53. The highest BCUT2D eigenvalue weighted by Gasteiger charge is 2.26. The van der Waals surface area contributed by atoms with Crippen LogP contribution in [-0.4, -0.2) is 33.9 Å². The Labute approximate surface area is 192 Å². The summed E-state index contributed by atoms with van der Waals surface area (Å²) < 4.78 is 0. The van der Waals surface area contributed by atoms with Crippen molar-refractivity contribution < 1.29 is 4.79 Å². The zero-order valence-electron chi connectivity index (χ0n) is 17.7. The molecule has 2 aromatic carbocycles. The Hall–Kier alpha value is -3.24. The van der Waals surface area contributed by atoms with Gasteiger partial charge < -0.3 is 4.90 Å². The van der Waals surface area contributed by atoms with Crippen LogP contribution in [0.4, 0.5) is 0 Å². The Morgan fingerprint density at radius 2 is 1.72 bits per heavy atom. The number of hydrogen-bond donors (Lipinski definition) is 0. The van der Waals surface area contributed by atoms with Crippen LogP contribution in [0.3, 0.4) is 0 Å². The van der Waals surface area contributed by atoms with Gasteiger partial charge in [-0.05, 0) is 55.0 Å². The van der Waals surface area contributed by atoms with Gasteiger partial charge in [-0.25, -0.2) is 4.98 Å². The van der Waals surface area contributed by atoms with Crippen LogP contribution in [0, 0.1) is 5.92 Å². The number of hydrogen-bond acceptors (Lipinski definition) is 3. The number of halogens is 1. The highest BCUT2D eigenvalue weighted by atomic mass is 35.5. The minimum absolute atomic E-state index is 0.0370. The fraction of sp³-hybridized carbons (Fsp3) is 0.222. The number of piperidine rings is 1.